The summed E-state index contributed by atoms with van der Waals surface area (Å²) in [5.41, 5.74) is -5.65. The predicted octanol–water partition coefficient (Wildman–Crippen LogP) is 5.33. The van der Waals surface area contributed by atoms with Gasteiger partial charge in [0.1, 0.15) is 29.8 Å². The lowest BCUT2D eigenvalue weighted by Gasteiger charge is -2.09. The number of alkyl halides is 3. The van der Waals surface area contributed by atoms with Crippen LogP contribution >= 0.6 is 0 Å². The van der Waals surface area contributed by atoms with Gasteiger partial charge in [-0.25, -0.2) is 8.42 Å². The molecule has 0 bridgehead atoms. The van der Waals surface area contributed by atoms with Crippen LogP contribution in [0, 0.1) is 0 Å². The predicted molar refractivity (Wildman–Crippen MR) is 115 cm³/mol. The van der Waals surface area contributed by atoms with Gasteiger partial charge >= 0.3 is 5.51 Å². The van der Waals surface area contributed by atoms with E-state index in [4.69, 9.17) is 22.4 Å². The van der Waals surface area contributed by atoms with Gasteiger partial charge in [0.05, 0.1) is 6.61 Å². The lowest BCUT2D eigenvalue weighted by Crippen LogP contribution is -2.21. The highest BCUT2D eigenvalue weighted by molar-refractivity contribution is 7.97. The van der Waals surface area contributed by atoms with Crippen LogP contribution in [-0.2, 0) is 25.7 Å². The fourth-order valence-corrected chi connectivity index (χ4v) is 5.41. The molecule has 0 radical (unpaired) electrons. The van der Waals surface area contributed by atoms with Crippen LogP contribution in [0.25, 0.3) is 10.8 Å². The van der Waals surface area contributed by atoms with E-state index in [1.54, 1.807) is 12.5 Å². The third-order valence-corrected chi connectivity index (χ3v) is 7.54. The monoisotopic (exact) mass is 478 g/mol. The van der Waals surface area contributed by atoms with Gasteiger partial charge in [-0.15, -0.1) is 0 Å². The molecule has 0 spiro atoms. The average molecular weight is 479 g/mol. The zero-order chi connectivity index (χ0) is 22.9. The van der Waals surface area contributed by atoms with Crippen molar-refractivity contribution in [2.45, 2.75) is 43.0 Å². The average Bonchev–Trinajstić information content (AvgIpc) is 3.24. The summed E-state index contributed by atoms with van der Waals surface area (Å²) in [7, 11) is -5.67. The summed E-state index contributed by atoms with van der Waals surface area (Å²) in [6.07, 6.45) is 8.25. The Morgan fingerprint density at radius 1 is 1.06 bits per heavy atom. The number of hydrogen-bond acceptors (Lipinski definition) is 5. The van der Waals surface area contributed by atoms with Gasteiger partial charge in [0.25, 0.3) is 0 Å². The number of hydrogen-bond donors (Lipinski definition) is 0. The third-order valence-electron chi connectivity index (χ3n) is 4.43. The van der Waals surface area contributed by atoms with E-state index in [0.29, 0.717) is 10.9 Å². The number of benzene rings is 2. The van der Waals surface area contributed by atoms with Crippen LogP contribution in [0.4, 0.5) is 13.2 Å². The van der Waals surface area contributed by atoms with E-state index in [1.165, 1.54) is 40.0 Å². The number of unbranched alkanes of at least 4 members (excludes halogenated alkanes) is 1. The van der Waals surface area contributed by atoms with Gasteiger partial charge in [0.15, 0.2) is 15.0 Å². The Hall–Kier alpha value is -1.91. The topological polar surface area (TPSA) is 75.7 Å². The molecule has 2 aromatic rings. The second-order valence-corrected chi connectivity index (χ2v) is 10.3. The van der Waals surface area contributed by atoms with E-state index in [-0.39, 0.29) is 0 Å². The summed E-state index contributed by atoms with van der Waals surface area (Å²) in [4.78, 5) is 1.51. The van der Waals surface area contributed by atoms with Crippen molar-refractivity contribution in [2.75, 3.05) is 18.1 Å². The van der Waals surface area contributed by atoms with Gasteiger partial charge in [-0.1, -0.05) is 31.5 Å². The van der Waals surface area contributed by atoms with E-state index >= 15 is 0 Å². The van der Waals surface area contributed by atoms with Crippen molar-refractivity contribution < 1.29 is 35.6 Å². The van der Waals surface area contributed by atoms with Crippen molar-refractivity contribution >= 4 is 31.8 Å². The van der Waals surface area contributed by atoms with Crippen LogP contribution in [0.5, 0.6) is 5.75 Å². The van der Waals surface area contributed by atoms with Crippen molar-refractivity contribution in [3.8, 4) is 5.75 Å². The van der Waals surface area contributed by atoms with Crippen molar-refractivity contribution in [3.05, 3.63) is 48.9 Å². The highest BCUT2D eigenvalue weighted by atomic mass is 32.2. The molecule has 1 fully saturated rings. The molecule has 0 atom stereocenters. The molecule has 172 valence electrons. The molecule has 0 aliphatic carbocycles. The third kappa shape index (κ3) is 7.62. The number of fused-ring (bicyclic) bond motifs is 1. The summed E-state index contributed by atoms with van der Waals surface area (Å²) in [6, 6.07) is 13.0. The molecular formula is C21H25F3O5S2. The smallest absolute Gasteiger partial charge is 0.485 e. The summed E-state index contributed by atoms with van der Waals surface area (Å²) < 4.78 is 70.1. The molecule has 0 N–H and O–H groups in total. The molecule has 0 saturated carbocycles. The zero-order valence-corrected chi connectivity index (χ0v) is 18.7. The van der Waals surface area contributed by atoms with Crippen molar-refractivity contribution in [2.24, 2.45) is 0 Å². The molecule has 1 heterocycles. The van der Waals surface area contributed by atoms with E-state index in [9.17, 15) is 13.2 Å². The SMILES string of the molecule is CCCCOC=COc1ccc([S+]2CCCC2)c2ccccc12.O=S(=O)([O-])C(F)(F)F. The van der Waals surface area contributed by atoms with Gasteiger partial charge in [-0.3, -0.25) is 0 Å². The molecule has 1 saturated heterocycles. The Morgan fingerprint density at radius 2 is 1.68 bits per heavy atom. The van der Waals surface area contributed by atoms with Crippen LogP contribution in [-0.4, -0.2) is 36.6 Å². The largest absolute Gasteiger partial charge is 0.741 e. The first-order valence-electron chi connectivity index (χ1n) is 9.80. The summed E-state index contributed by atoms with van der Waals surface area (Å²) >= 11 is 0. The van der Waals surface area contributed by atoms with Gasteiger partial charge in [-0.2, -0.15) is 13.2 Å². The first kappa shape index (κ1) is 25.4. The highest BCUT2D eigenvalue weighted by Gasteiger charge is 2.37. The number of ether oxygens (including phenoxy) is 2. The Bertz CT molecular complexity index is 969. The molecule has 0 amide bonds. The van der Waals surface area contributed by atoms with Crippen molar-refractivity contribution in [3.63, 3.8) is 0 Å². The molecule has 0 aromatic heterocycles. The first-order chi connectivity index (χ1) is 14.6. The maximum absolute atomic E-state index is 10.7. The number of halogens is 3. The van der Waals surface area contributed by atoms with Gasteiger partial charge in [0, 0.05) is 21.7 Å². The molecule has 1 aliphatic rings. The lowest BCUT2D eigenvalue weighted by molar-refractivity contribution is -0.0517. The van der Waals surface area contributed by atoms with Crippen molar-refractivity contribution in [1.82, 2.24) is 0 Å². The molecule has 31 heavy (non-hydrogen) atoms. The molecule has 5 nitrogen and oxygen atoms in total. The van der Waals surface area contributed by atoms with Crippen LogP contribution in [0.3, 0.4) is 0 Å². The zero-order valence-electron chi connectivity index (χ0n) is 17.1. The second-order valence-electron chi connectivity index (χ2n) is 6.73. The maximum Gasteiger partial charge on any atom is 0.485 e. The summed E-state index contributed by atoms with van der Waals surface area (Å²) in [5, 5.41) is 2.54. The molecule has 1 aliphatic heterocycles. The molecule has 3 rings (SSSR count). The molecule has 0 unspecified atom stereocenters. The fourth-order valence-electron chi connectivity index (χ4n) is 2.91. The highest BCUT2D eigenvalue weighted by Crippen LogP contribution is 2.34. The molecule has 2 aromatic carbocycles. The van der Waals surface area contributed by atoms with E-state index in [0.717, 1.165) is 25.2 Å². The van der Waals surface area contributed by atoms with E-state index < -0.39 is 15.6 Å². The van der Waals surface area contributed by atoms with Crippen LogP contribution in [0.15, 0.2) is 53.8 Å². The normalized spacial score (nSPS) is 15.1. The standard InChI is InChI=1S/C20H25O2S.CHF3O3S/c1-2-3-12-21-13-14-22-19-10-11-20(23-15-6-7-16-23)18-9-5-4-8-17(18)19;2-1(3,4)8(5,6)7/h4-5,8-11,13-14H,2-3,6-7,12,15-16H2,1H3;(H,5,6,7)/q+1;/p-1. The minimum absolute atomic E-state index is 0.417. The Kier molecular flexibility index (Phi) is 9.52. The first-order valence-corrected chi connectivity index (χ1v) is 12.8. The Labute approximate surface area is 183 Å². The van der Waals surface area contributed by atoms with E-state index in [2.05, 4.69) is 43.3 Å². The van der Waals surface area contributed by atoms with Gasteiger partial charge in [0.2, 0.25) is 0 Å². The Morgan fingerprint density at radius 3 is 2.26 bits per heavy atom. The summed E-state index contributed by atoms with van der Waals surface area (Å²) in [5.74, 6) is 3.59. The van der Waals surface area contributed by atoms with Crippen LogP contribution in [0.1, 0.15) is 32.6 Å². The summed E-state index contributed by atoms with van der Waals surface area (Å²) in [6.45, 7) is 2.90. The van der Waals surface area contributed by atoms with Crippen LogP contribution in [0.2, 0.25) is 0 Å². The van der Waals surface area contributed by atoms with Crippen molar-refractivity contribution in [1.29, 1.82) is 0 Å². The fraction of sp³-hybridized carbons (Fsp3) is 0.429. The minimum atomic E-state index is -6.09. The second kappa shape index (κ2) is 11.6. The molecular weight excluding hydrogens is 453 g/mol. The van der Waals surface area contributed by atoms with E-state index in [1.807, 2.05) is 0 Å². The molecule has 10 heteroatoms. The lowest BCUT2D eigenvalue weighted by atomic mass is 10.1. The number of rotatable bonds is 7. The van der Waals surface area contributed by atoms with Crippen LogP contribution < -0.4 is 4.74 Å². The van der Waals surface area contributed by atoms with Gasteiger partial charge in [-0.05, 0) is 37.5 Å². The maximum atomic E-state index is 10.7. The van der Waals surface area contributed by atoms with Gasteiger partial charge < -0.3 is 14.0 Å². The Balaban J connectivity index is 0.000000366. The minimum Gasteiger partial charge on any atom is -0.741 e. The quantitative estimate of drug-likeness (QED) is 0.177.